The standard InChI is InChI=1S/C11H18N2/c1-11(2,3)10(13)8-4-6-9(12)7-5-8/h4-7,10H,12-13H2,1-3H3. The second kappa shape index (κ2) is 3.38. The Hall–Kier alpha value is -1.02. The molecule has 0 amide bonds. The van der Waals surface area contributed by atoms with Gasteiger partial charge in [-0.25, -0.2) is 0 Å². The molecular weight excluding hydrogens is 160 g/mol. The molecule has 0 bridgehead atoms. The molecule has 0 aliphatic carbocycles. The summed E-state index contributed by atoms with van der Waals surface area (Å²) in [5, 5.41) is 0. The minimum absolute atomic E-state index is 0.0631. The number of rotatable bonds is 1. The van der Waals surface area contributed by atoms with E-state index >= 15 is 0 Å². The van der Waals surface area contributed by atoms with E-state index in [4.69, 9.17) is 11.5 Å². The zero-order valence-electron chi connectivity index (χ0n) is 8.54. The van der Waals surface area contributed by atoms with E-state index in [0.29, 0.717) is 0 Å². The van der Waals surface area contributed by atoms with Gasteiger partial charge in [-0.2, -0.15) is 0 Å². The molecule has 0 fully saturated rings. The van der Waals surface area contributed by atoms with Crippen LogP contribution in [0.3, 0.4) is 0 Å². The van der Waals surface area contributed by atoms with Gasteiger partial charge in [-0.1, -0.05) is 32.9 Å². The van der Waals surface area contributed by atoms with Crippen molar-refractivity contribution in [2.24, 2.45) is 11.1 Å². The molecule has 0 heterocycles. The van der Waals surface area contributed by atoms with Gasteiger partial charge in [0, 0.05) is 11.7 Å². The van der Waals surface area contributed by atoms with E-state index in [-0.39, 0.29) is 11.5 Å². The first-order chi connectivity index (χ1) is 5.91. The first-order valence-electron chi connectivity index (χ1n) is 4.52. The van der Waals surface area contributed by atoms with Crippen LogP contribution in [0.5, 0.6) is 0 Å². The van der Waals surface area contributed by atoms with E-state index in [1.54, 1.807) is 0 Å². The fourth-order valence-electron chi connectivity index (χ4n) is 1.20. The molecule has 13 heavy (non-hydrogen) atoms. The fourth-order valence-corrected chi connectivity index (χ4v) is 1.20. The second-order valence-corrected chi connectivity index (χ2v) is 4.51. The third-order valence-corrected chi connectivity index (χ3v) is 2.23. The van der Waals surface area contributed by atoms with Crippen molar-refractivity contribution in [1.82, 2.24) is 0 Å². The van der Waals surface area contributed by atoms with Crippen LogP contribution < -0.4 is 11.5 Å². The van der Waals surface area contributed by atoms with Gasteiger partial charge < -0.3 is 11.5 Å². The summed E-state index contributed by atoms with van der Waals surface area (Å²) in [4.78, 5) is 0. The van der Waals surface area contributed by atoms with Crippen molar-refractivity contribution in [1.29, 1.82) is 0 Å². The largest absolute Gasteiger partial charge is 0.399 e. The highest BCUT2D eigenvalue weighted by Crippen LogP contribution is 2.30. The SMILES string of the molecule is CC(C)(C)C(N)c1ccc(N)cc1. The molecule has 0 aliphatic rings. The summed E-state index contributed by atoms with van der Waals surface area (Å²) < 4.78 is 0. The molecule has 1 aromatic rings. The van der Waals surface area contributed by atoms with Gasteiger partial charge in [0.2, 0.25) is 0 Å². The van der Waals surface area contributed by atoms with Crippen LogP contribution in [0.25, 0.3) is 0 Å². The number of hydrogen-bond acceptors (Lipinski definition) is 2. The monoisotopic (exact) mass is 178 g/mol. The fraction of sp³-hybridized carbons (Fsp3) is 0.455. The van der Waals surface area contributed by atoms with Crippen molar-refractivity contribution < 1.29 is 0 Å². The highest BCUT2D eigenvalue weighted by molar-refractivity contribution is 5.40. The first-order valence-corrected chi connectivity index (χ1v) is 4.52. The molecule has 1 rings (SSSR count). The number of anilines is 1. The van der Waals surface area contributed by atoms with E-state index < -0.39 is 0 Å². The smallest absolute Gasteiger partial charge is 0.0344 e. The Morgan fingerprint density at radius 3 is 1.92 bits per heavy atom. The maximum absolute atomic E-state index is 6.08. The molecule has 4 N–H and O–H groups in total. The molecule has 1 aromatic carbocycles. The quantitative estimate of drug-likeness (QED) is 0.648. The molecule has 2 heteroatoms. The molecule has 0 aromatic heterocycles. The minimum Gasteiger partial charge on any atom is -0.399 e. The molecule has 0 radical (unpaired) electrons. The van der Waals surface area contributed by atoms with E-state index in [0.717, 1.165) is 11.3 Å². The van der Waals surface area contributed by atoms with Crippen molar-refractivity contribution in [2.75, 3.05) is 5.73 Å². The Morgan fingerprint density at radius 1 is 1.08 bits per heavy atom. The summed E-state index contributed by atoms with van der Waals surface area (Å²) >= 11 is 0. The van der Waals surface area contributed by atoms with Gasteiger partial charge in [0.15, 0.2) is 0 Å². The van der Waals surface area contributed by atoms with Crippen LogP contribution in [0.1, 0.15) is 32.4 Å². The van der Waals surface area contributed by atoms with E-state index in [9.17, 15) is 0 Å². The Morgan fingerprint density at radius 2 is 1.54 bits per heavy atom. The highest BCUT2D eigenvalue weighted by atomic mass is 14.7. The molecule has 1 unspecified atom stereocenters. The lowest BCUT2D eigenvalue weighted by molar-refractivity contribution is 0.327. The minimum atomic E-state index is 0.0631. The maximum atomic E-state index is 6.08. The predicted molar refractivity (Wildman–Crippen MR) is 57.2 cm³/mol. The number of benzene rings is 1. The zero-order chi connectivity index (χ0) is 10.1. The van der Waals surface area contributed by atoms with Crippen LogP contribution in [0, 0.1) is 5.41 Å². The summed E-state index contributed by atoms with van der Waals surface area (Å²) in [6, 6.07) is 7.83. The molecule has 0 saturated heterocycles. The van der Waals surface area contributed by atoms with Crippen LogP contribution in [-0.4, -0.2) is 0 Å². The van der Waals surface area contributed by atoms with E-state index in [1.165, 1.54) is 0 Å². The van der Waals surface area contributed by atoms with Gasteiger partial charge in [0.05, 0.1) is 0 Å². The van der Waals surface area contributed by atoms with Crippen LogP contribution in [0.2, 0.25) is 0 Å². The van der Waals surface area contributed by atoms with Crippen LogP contribution in [0.4, 0.5) is 5.69 Å². The average Bonchev–Trinajstić information content (AvgIpc) is 2.03. The molecule has 0 spiro atoms. The topological polar surface area (TPSA) is 52.0 Å². The van der Waals surface area contributed by atoms with Crippen molar-refractivity contribution in [2.45, 2.75) is 26.8 Å². The lowest BCUT2D eigenvalue weighted by Crippen LogP contribution is -2.26. The molecule has 0 saturated carbocycles. The summed E-state index contributed by atoms with van der Waals surface area (Å²) in [5.41, 5.74) is 13.7. The van der Waals surface area contributed by atoms with Crippen LogP contribution >= 0.6 is 0 Å². The third kappa shape index (κ3) is 2.46. The zero-order valence-corrected chi connectivity index (χ0v) is 8.54. The van der Waals surface area contributed by atoms with Gasteiger partial charge in [-0.3, -0.25) is 0 Å². The summed E-state index contributed by atoms with van der Waals surface area (Å²) in [7, 11) is 0. The number of nitrogens with two attached hydrogens (primary N) is 2. The highest BCUT2D eigenvalue weighted by Gasteiger charge is 2.21. The normalized spacial score (nSPS) is 14.2. The van der Waals surface area contributed by atoms with Gasteiger partial charge >= 0.3 is 0 Å². The van der Waals surface area contributed by atoms with Crippen molar-refractivity contribution in [3.8, 4) is 0 Å². The molecule has 2 nitrogen and oxygen atoms in total. The van der Waals surface area contributed by atoms with E-state index in [1.807, 2.05) is 24.3 Å². The second-order valence-electron chi connectivity index (χ2n) is 4.51. The molecule has 72 valence electrons. The van der Waals surface area contributed by atoms with Crippen LogP contribution in [-0.2, 0) is 0 Å². The molecular formula is C11H18N2. The van der Waals surface area contributed by atoms with Gasteiger partial charge in [-0.05, 0) is 23.1 Å². The summed E-state index contributed by atoms with van der Waals surface area (Å²) in [6.45, 7) is 6.40. The number of nitrogen functional groups attached to an aromatic ring is 1. The van der Waals surface area contributed by atoms with Crippen molar-refractivity contribution in [3.63, 3.8) is 0 Å². The maximum Gasteiger partial charge on any atom is 0.0344 e. The van der Waals surface area contributed by atoms with Gasteiger partial charge in [-0.15, -0.1) is 0 Å². The van der Waals surface area contributed by atoms with Gasteiger partial charge in [0.25, 0.3) is 0 Å². The Labute approximate surface area is 79.9 Å². The van der Waals surface area contributed by atoms with Crippen LogP contribution in [0.15, 0.2) is 24.3 Å². The van der Waals surface area contributed by atoms with Gasteiger partial charge in [0.1, 0.15) is 0 Å². The van der Waals surface area contributed by atoms with E-state index in [2.05, 4.69) is 20.8 Å². The lowest BCUT2D eigenvalue weighted by atomic mass is 9.83. The Bertz CT molecular complexity index is 269. The third-order valence-electron chi connectivity index (χ3n) is 2.23. The average molecular weight is 178 g/mol. The number of hydrogen-bond donors (Lipinski definition) is 2. The van der Waals surface area contributed by atoms with Crippen molar-refractivity contribution in [3.05, 3.63) is 29.8 Å². The van der Waals surface area contributed by atoms with Crippen molar-refractivity contribution >= 4 is 5.69 Å². The lowest BCUT2D eigenvalue weighted by Gasteiger charge is -2.27. The Kier molecular flexibility index (Phi) is 2.62. The summed E-state index contributed by atoms with van der Waals surface area (Å²) in [5.74, 6) is 0. The Balaban J connectivity index is 2.90. The first kappa shape index (κ1) is 10.1. The summed E-state index contributed by atoms with van der Waals surface area (Å²) in [6.07, 6.45) is 0. The molecule has 1 atom stereocenters. The molecule has 0 aliphatic heterocycles. The predicted octanol–water partition coefficient (Wildman–Crippen LogP) is 2.31.